The Morgan fingerprint density at radius 3 is 2.64 bits per heavy atom. The molecule has 6 heteroatoms. The summed E-state index contributed by atoms with van der Waals surface area (Å²) in [5, 5.41) is 8.00. The fourth-order valence-corrected chi connectivity index (χ4v) is 3.78. The molecule has 0 bridgehead atoms. The third-order valence-corrected chi connectivity index (χ3v) is 5.59. The number of aliphatic imine (C=N–C) groups is 1. The Kier molecular flexibility index (Phi) is 6.20. The summed E-state index contributed by atoms with van der Waals surface area (Å²) in [5.74, 6) is 0.870. The SMILES string of the molecule is CN=C(NCc1sc(C)nc1C)NCC1(CCOC)CCC1. The minimum Gasteiger partial charge on any atom is -0.385 e. The lowest BCUT2D eigenvalue weighted by molar-refractivity contribution is 0.0732. The van der Waals surface area contributed by atoms with Crippen molar-refractivity contribution in [3.8, 4) is 0 Å². The second-order valence-electron chi connectivity index (χ2n) is 6.12. The van der Waals surface area contributed by atoms with Gasteiger partial charge >= 0.3 is 0 Å². The number of thiazole rings is 1. The van der Waals surface area contributed by atoms with Crippen LogP contribution in [0.25, 0.3) is 0 Å². The molecule has 0 atom stereocenters. The number of methoxy groups -OCH3 is 1. The summed E-state index contributed by atoms with van der Waals surface area (Å²) in [6.45, 7) is 6.70. The van der Waals surface area contributed by atoms with E-state index in [4.69, 9.17) is 4.74 Å². The first-order valence-corrected chi connectivity index (χ1v) is 8.76. The number of aryl methyl sites for hydroxylation is 2. The van der Waals surface area contributed by atoms with Crippen molar-refractivity contribution in [1.29, 1.82) is 0 Å². The minimum atomic E-state index is 0.393. The average Bonchev–Trinajstić information content (AvgIpc) is 2.78. The van der Waals surface area contributed by atoms with Crippen LogP contribution in [0.1, 0.15) is 41.3 Å². The van der Waals surface area contributed by atoms with Crippen molar-refractivity contribution in [1.82, 2.24) is 15.6 Å². The Morgan fingerprint density at radius 1 is 1.36 bits per heavy atom. The summed E-state index contributed by atoms with van der Waals surface area (Å²) >= 11 is 1.74. The number of hydrogen-bond acceptors (Lipinski definition) is 4. The van der Waals surface area contributed by atoms with Crippen LogP contribution in [0.2, 0.25) is 0 Å². The number of nitrogens with zero attached hydrogens (tertiary/aromatic N) is 2. The quantitative estimate of drug-likeness (QED) is 0.598. The predicted octanol–water partition coefficient (Wildman–Crippen LogP) is 2.63. The highest BCUT2D eigenvalue weighted by atomic mass is 32.1. The van der Waals surface area contributed by atoms with Crippen molar-refractivity contribution in [2.75, 3.05) is 27.3 Å². The molecule has 124 valence electrons. The summed E-state index contributed by atoms with van der Waals surface area (Å²) in [4.78, 5) is 10.1. The average molecular weight is 324 g/mol. The number of rotatable bonds is 7. The molecule has 0 unspecified atom stereocenters. The van der Waals surface area contributed by atoms with Gasteiger partial charge in [-0.3, -0.25) is 4.99 Å². The molecule has 2 N–H and O–H groups in total. The second-order valence-corrected chi connectivity index (χ2v) is 7.40. The largest absolute Gasteiger partial charge is 0.385 e. The lowest BCUT2D eigenvalue weighted by atomic mass is 9.67. The van der Waals surface area contributed by atoms with E-state index in [2.05, 4.69) is 27.5 Å². The summed E-state index contributed by atoms with van der Waals surface area (Å²) in [6.07, 6.45) is 5.03. The zero-order chi connectivity index (χ0) is 16.0. The van der Waals surface area contributed by atoms with Gasteiger partial charge in [-0.1, -0.05) is 6.42 Å². The van der Waals surface area contributed by atoms with Crippen LogP contribution in [-0.4, -0.2) is 38.3 Å². The zero-order valence-electron chi connectivity index (χ0n) is 14.2. The van der Waals surface area contributed by atoms with Gasteiger partial charge in [0, 0.05) is 32.2 Å². The van der Waals surface area contributed by atoms with Crippen molar-refractivity contribution in [3.05, 3.63) is 15.6 Å². The lowest BCUT2D eigenvalue weighted by Gasteiger charge is -2.42. The van der Waals surface area contributed by atoms with Gasteiger partial charge in [-0.2, -0.15) is 0 Å². The predicted molar refractivity (Wildman–Crippen MR) is 92.6 cm³/mol. The van der Waals surface area contributed by atoms with Gasteiger partial charge in [0.1, 0.15) is 0 Å². The Balaban J connectivity index is 1.81. The molecular formula is C16H28N4OS. The maximum Gasteiger partial charge on any atom is 0.191 e. The molecule has 1 aliphatic rings. The fourth-order valence-electron chi connectivity index (χ4n) is 2.90. The second kappa shape index (κ2) is 7.92. The van der Waals surface area contributed by atoms with Crippen LogP contribution >= 0.6 is 11.3 Å². The molecule has 2 rings (SSSR count). The molecule has 1 aromatic rings. The van der Waals surface area contributed by atoms with Gasteiger partial charge in [-0.05, 0) is 38.5 Å². The van der Waals surface area contributed by atoms with Gasteiger partial charge in [0.2, 0.25) is 0 Å². The van der Waals surface area contributed by atoms with Crippen molar-refractivity contribution in [3.63, 3.8) is 0 Å². The maximum atomic E-state index is 5.25. The molecule has 0 spiro atoms. The Labute approximate surface area is 137 Å². The first-order valence-electron chi connectivity index (χ1n) is 7.95. The summed E-state index contributed by atoms with van der Waals surface area (Å²) in [5.41, 5.74) is 1.51. The van der Waals surface area contributed by atoms with Gasteiger partial charge in [0.25, 0.3) is 0 Å². The normalized spacial score (nSPS) is 17.2. The van der Waals surface area contributed by atoms with Crippen molar-refractivity contribution in [2.45, 2.75) is 46.1 Å². The molecule has 1 heterocycles. The zero-order valence-corrected chi connectivity index (χ0v) is 15.0. The third kappa shape index (κ3) is 4.43. The van der Waals surface area contributed by atoms with E-state index in [0.717, 1.165) is 42.8 Å². The lowest BCUT2D eigenvalue weighted by Crippen LogP contribution is -2.46. The van der Waals surface area contributed by atoms with E-state index in [-0.39, 0.29) is 0 Å². The standard InChI is InChI=1S/C16H28N4OS/c1-12-14(22-13(2)20-12)10-18-15(17-3)19-11-16(6-5-7-16)8-9-21-4/h5-11H2,1-4H3,(H2,17,18,19). The maximum absolute atomic E-state index is 5.25. The van der Waals surface area contributed by atoms with Gasteiger partial charge in [0.05, 0.1) is 17.2 Å². The molecule has 0 radical (unpaired) electrons. The molecule has 0 aromatic carbocycles. The van der Waals surface area contributed by atoms with E-state index in [1.165, 1.54) is 24.1 Å². The molecule has 22 heavy (non-hydrogen) atoms. The number of guanidine groups is 1. The van der Waals surface area contributed by atoms with Crippen LogP contribution in [0.15, 0.2) is 4.99 Å². The topological polar surface area (TPSA) is 58.5 Å². The van der Waals surface area contributed by atoms with E-state index in [1.54, 1.807) is 18.4 Å². The summed E-state index contributed by atoms with van der Waals surface area (Å²) < 4.78 is 5.25. The first kappa shape index (κ1) is 17.2. The van der Waals surface area contributed by atoms with Gasteiger partial charge in [0.15, 0.2) is 5.96 Å². The number of hydrogen-bond donors (Lipinski definition) is 2. The van der Waals surface area contributed by atoms with Gasteiger partial charge in [-0.15, -0.1) is 11.3 Å². The number of ether oxygens (including phenoxy) is 1. The molecule has 1 fully saturated rings. The van der Waals surface area contributed by atoms with E-state index < -0.39 is 0 Å². The van der Waals surface area contributed by atoms with Crippen LogP contribution < -0.4 is 10.6 Å². The molecule has 1 aromatic heterocycles. The Hall–Kier alpha value is -1.14. The van der Waals surface area contributed by atoms with Crippen molar-refractivity contribution < 1.29 is 4.74 Å². The molecule has 1 aliphatic carbocycles. The highest BCUT2D eigenvalue weighted by Crippen LogP contribution is 2.43. The minimum absolute atomic E-state index is 0.393. The van der Waals surface area contributed by atoms with E-state index in [9.17, 15) is 0 Å². The molecular weight excluding hydrogens is 296 g/mol. The van der Waals surface area contributed by atoms with E-state index in [1.807, 2.05) is 14.0 Å². The van der Waals surface area contributed by atoms with Crippen molar-refractivity contribution >= 4 is 17.3 Å². The van der Waals surface area contributed by atoms with Crippen LogP contribution in [0.3, 0.4) is 0 Å². The number of aromatic nitrogens is 1. The number of nitrogens with one attached hydrogen (secondary N) is 2. The molecule has 5 nitrogen and oxygen atoms in total. The van der Waals surface area contributed by atoms with Crippen LogP contribution in [-0.2, 0) is 11.3 Å². The molecule has 0 amide bonds. The summed E-state index contributed by atoms with van der Waals surface area (Å²) in [6, 6.07) is 0. The highest BCUT2D eigenvalue weighted by Gasteiger charge is 2.36. The van der Waals surface area contributed by atoms with Gasteiger partial charge in [-0.25, -0.2) is 4.98 Å². The Morgan fingerprint density at radius 2 is 2.14 bits per heavy atom. The monoisotopic (exact) mass is 324 g/mol. The summed E-state index contributed by atoms with van der Waals surface area (Å²) in [7, 11) is 3.60. The fraction of sp³-hybridized carbons (Fsp3) is 0.750. The van der Waals surface area contributed by atoms with Crippen LogP contribution in [0, 0.1) is 19.3 Å². The Bertz CT molecular complexity index is 508. The smallest absolute Gasteiger partial charge is 0.191 e. The first-order chi connectivity index (χ1) is 10.6. The molecule has 1 saturated carbocycles. The van der Waals surface area contributed by atoms with Crippen LogP contribution in [0.4, 0.5) is 0 Å². The molecule has 0 aliphatic heterocycles. The third-order valence-electron chi connectivity index (χ3n) is 4.52. The van der Waals surface area contributed by atoms with Gasteiger partial charge < -0.3 is 15.4 Å². The van der Waals surface area contributed by atoms with E-state index in [0.29, 0.717) is 5.41 Å². The van der Waals surface area contributed by atoms with Crippen molar-refractivity contribution in [2.24, 2.45) is 10.4 Å². The molecule has 0 saturated heterocycles. The van der Waals surface area contributed by atoms with Crippen LogP contribution in [0.5, 0.6) is 0 Å². The van der Waals surface area contributed by atoms with E-state index >= 15 is 0 Å². The highest BCUT2D eigenvalue weighted by molar-refractivity contribution is 7.11.